The van der Waals surface area contributed by atoms with Crippen LogP contribution in [0.15, 0.2) is 72.8 Å². The molecule has 6 nitrogen and oxygen atoms in total. The van der Waals surface area contributed by atoms with E-state index >= 15 is 0 Å². The molecule has 0 spiro atoms. The van der Waals surface area contributed by atoms with E-state index in [0.29, 0.717) is 29.6 Å². The van der Waals surface area contributed by atoms with Crippen LogP contribution in [0.25, 0.3) is 0 Å². The minimum atomic E-state index is -0.222. The van der Waals surface area contributed by atoms with Gasteiger partial charge in [0, 0.05) is 18.2 Å². The average Bonchev–Trinajstić information content (AvgIpc) is 3.63. The summed E-state index contributed by atoms with van der Waals surface area (Å²) in [6.45, 7) is 2.31. The van der Waals surface area contributed by atoms with Crippen LogP contribution < -0.4 is 20.1 Å². The van der Waals surface area contributed by atoms with Crippen molar-refractivity contribution in [1.82, 2.24) is 10.6 Å². The van der Waals surface area contributed by atoms with E-state index in [0.717, 1.165) is 24.2 Å². The Bertz CT molecular complexity index is 1060. The molecule has 1 aliphatic carbocycles. The first-order chi connectivity index (χ1) is 15.5. The molecule has 4 rings (SSSR count). The van der Waals surface area contributed by atoms with Gasteiger partial charge in [0.25, 0.3) is 11.8 Å². The van der Waals surface area contributed by atoms with E-state index in [4.69, 9.17) is 9.47 Å². The molecule has 0 saturated heterocycles. The molecule has 1 fully saturated rings. The fourth-order valence-corrected chi connectivity index (χ4v) is 3.02. The number of hydrogen-bond donors (Lipinski definition) is 2. The summed E-state index contributed by atoms with van der Waals surface area (Å²) < 4.78 is 11.3. The van der Waals surface area contributed by atoms with Crippen LogP contribution in [0, 0.1) is 6.92 Å². The Morgan fingerprint density at radius 2 is 1.44 bits per heavy atom. The number of aryl methyl sites for hydroxylation is 1. The summed E-state index contributed by atoms with van der Waals surface area (Å²) in [5.41, 5.74) is 2.72. The van der Waals surface area contributed by atoms with E-state index in [-0.39, 0.29) is 18.4 Å². The van der Waals surface area contributed by atoms with Gasteiger partial charge < -0.3 is 20.1 Å². The van der Waals surface area contributed by atoms with Gasteiger partial charge in [0.1, 0.15) is 17.2 Å². The number of hydrogen-bond acceptors (Lipinski definition) is 4. The van der Waals surface area contributed by atoms with Crippen molar-refractivity contribution in [2.24, 2.45) is 0 Å². The molecule has 6 heteroatoms. The summed E-state index contributed by atoms with van der Waals surface area (Å²) in [4.78, 5) is 24.1. The second-order valence-corrected chi connectivity index (χ2v) is 7.90. The second kappa shape index (κ2) is 10.0. The van der Waals surface area contributed by atoms with Gasteiger partial charge in [-0.15, -0.1) is 0 Å². The summed E-state index contributed by atoms with van der Waals surface area (Å²) in [5, 5.41) is 5.78. The Balaban J connectivity index is 1.19. The molecular formula is C26H26N2O4. The van der Waals surface area contributed by atoms with Crippen molar-refractivity contribution in [3.05, 3.63) is 89.5 Å². The Labute approximate surface area is 187 Å². The Kier molecular flexibility index (Phi) is 6.70. The molecule has 0 unspecified atom stereocenters. The lowest BCUT2D eigenvalue weighted by Gasteiger charge is -2.10. The monoisotopic (exact) mass is 430 g/mol. The predicted octanol–water partition coefficient (Wildman–Crippen LogP) is 4.37. The maximum absolute atomic E-state index is 12.1. The molecule has 32 heavy (non-hydrogen) atoms. The number of ether oxygens (including phenoxy) is 2. The summed E-state index contributed by atoms with van der Waals surface area (Å²) in [5.74, 6) is 1.77. The molecule has 2 N–H and O–H groups in total. The fourth-order valence-electron chi connectivity index (χ4n) is 3.02. The van der Waals surface area contributed by atoms with Gasteiger partial charge in [-0.05, 0) is 73.9 Å². The third-order valence-corrected chi connectivity index (χ3v) is 5.07. The number of carbonyl (C=O) groups is 2. The zero-order valence-corrected chi connectivity index (χ0v) is 18.0. The van der Waals surface area contributed by atoms with Crippen molar-refractivity contribution in [2.75, 3.05) is 6.61 Å². The van der Waals surface area contributed by atoms with Gasteiger partial charge in [-0.3, -0.25) is 9.59 Å². The second-order valence-electron chi connectivity index (χ2n) is 7.90. The Morgan fingerprint density at radius 1 is 0.844 bits per heavy atom. The molecule has 3 aromatic carbocycles. The van der Waals surface area contributed by atoms with Gasteiger partial charge in [0.05, 0.1) is 0 Å². The third kappa shape index (κ3) is 6.35. The quantitative estimate of drug-likeness (QED) is 0.528. The molecule has 0 aliphatic heterocycles. The van der Waals surface area contributed by atoms with Gasteiger partial charge in [-0.2, -0.15) is 0 Å². The van der Waals surface area contributed by atoms with Gasteiger partial charge >= 0.3 is 0 Å². The SMILES string of the molecule is Cc1ccc(Oc2ccc(OCC(=O)NCc3ccc(C(=O)NC4CC4)cc3)cc2)cc1. The van der Waals surface area contributed by atoms with Gasteiger partial charge in [-0.25, -0.2) is 0 Å². The van der Waals surface area contributed by atoms with Crippen LogP contribution in [0.3, 0.4) is 0 Å². The highest BCUT2D eigenvalue weighted by Crippen LogP contribution is 2.24. The summed E-state index contributed by atoms with van der Waals surface area (Å²) in [6, 6.07) is 22.5. The van der Waals surface area contributed by atoms with Crippen LogP contribution in [-0.4, -0.2) is 24.5 Å². The highest BCUT2D eigenvalue weighted by Gasteiger charge is 2.23. The van der Waals surface area contributed by atoms with Crippen LogP contribution in [0.1, 0.15) is 34.3 Å². The van der Waals surface area contributed by atoms with Crippen molar-refractivity contribution in [1.29, 1.82) is 0 Å². The first-order valence-corrected chi connectivity index (χ1v) is 10.7. The molecule has 0 heterocycles. The van der Waals surface area contributed by atoms with Crippen LogP contribution in [-0.2, 0) is 11.3 Å². The van der Waals surface area contributed by atoms with Crippen molar-refractivity contribution < 1.29 is 19.1 Å². The van der Waals surface area contributed by atoms with Crippen LogP contribution in [0.5, 0.6) is 17.2 Å². The molecule has 2 amide bonds. The number of benzene rings is 3. The van der Waals surface area contributed by atoms with E-state index in [1.54, 1.807) is 36.4 Å². The lowest BCUT2D eigenvalue weighted by Crippen LogP contribution is -2.28. The van der Waals surface area contributed by atoms with Crippen LogP contribution in [0.4, 0.5) is 0 Å². The first kappa shape index (κ1) is 21.4. The molecule has 1 aliphatic rings. The van der Waals surface area contributed by atoms with Gasteiger partial charge in [-0.1, -0.05) is 29.8 Å². The number of nitrogens with one attached hydrogen (secondary N) is 2. The maximum atomic E-state index is 12.1. The maximum Gasteiger partial charge on any atom is 0.258 e. The van der Waals surface area contributed by atoms with E-state index < -0.39 is 0 Å². The predicted molar refractivity (Wildman–Crippen MR) is 122 cm³/mol. The highest BCUT2D eigenvalue weighted by molar-refractivity contribution is 5.94. The zero-order valence-electron chi connectivity index (χ0n) is 18.0. The Morgan fingerprint density at radius 3 is 2.06 bits per heavy atom. The molecule has 3 aromatic rings. The summed E-state index contributed by atoms with van der Waals surface area (Å²) in [6.07, 6.45) is 2.12. The van der Waals surface area contributed by atoms with Gasteiger partial charge in [0.2, 0.25) is 0 Å². The molecule has 0 bridgehead atoms. The van der Waals surface area contributed by atoms with Gasteiger partial charge in [0.15, 0.2) is 6.61 Å². The largest absolute Gasteiger partial charge is 0.484 e. The molecular weight excluding hydrogens is 404 g/mol. The smallest absolute Gasteiger partial charge is 0.258 e. The average molecular weight is 431 g/mol. The number of rotatable bonds is 9. The Hall–Kier alpha value is -3.80. The van der Waals surface area contributed by atoms with E-state index in [9.17, 15) is 9.59 Å². The zero-order chi connectivity index (χ0) is 22.3. The number of amides is 2. The van der Waals surface area contributed by atoms with Crippen molar-refractivity contribution >= 4 is 11.8 Å². The van der Waals surface area contributed by atoms with Crippen LogP contribution >= 0.6 is 0 Å². The fraction of sp³-hybridized carbons (Fsp3) is 0.231. The molecule has 0 atom stereocenters. The lowest BCUT2D eigenvalue weighted by molar-refractivity contribution is -0.123. The highest BCUT2D eigenvalue weighted by atomic mass is 16.5. The summed E-state index contributed by atoms with van der Waals surface area (Å²) >= 11 is 0. The molecule has 0 aromatic heterocycles. The molecule has 164 valence electrons. The van der Waals surface area contributed by atoms with E-state index in [1.165, 1.54) is 5.56 Å². The number of carbonyl (C=O) groups excluding carboxylic acids is 2. The normalized spacial score (nSPS) is 12.7. The van der Waals surface area contributed by atoms with Crippen molar-refractivity contribution in [2.45, 2.75) is 32.4 Å². The van der Waals surface area contributed by atoms with E-state index in [2.05, 4.69) is 10.6 Å². The lowest BCUT2D eigenvalue weighted by atomic mass is 10.1. The van der Waals surface area contributed by atoms with Crippen molar-refractivity contribution in [3.63, 3.8) is 0 Å². The van der Waals surface area contributed by atoms with Crippen molar-refractivity contribution in [3.8, 4) is 17.2 Å². The molecule has 0 radical (unpaired) electrons. The summed E-state index contributed by atoms with van der Waals surface area (Å²) in [7, 11) is 0. The molecule has 1 saturated carbocycles. The minimum Gasteiger partial charge on any atom is -0.484 e. The topological polar surface area (TPSA) is 76.7 Å². The standard InChI is InChI=1S/C26H26N2O4/c1-18-2-10-23(11-3-18)32-24-14-12-22(13-15-24)31-17-25(29)27-16-19-4-6-20(7-5-19)26(30)28-21-8-9-21/h2-7,10-15,21H,8-9,16-17H2,1H3,(H,27,29)(H,28,30). The first-order valence-electron chi connectivity index (χ1n) is 10.7. The van der Waals surface area contributed by atoms with Crippen LogP contribution in [0.2, 0.25) is 0 Å². The minimum absolute atomic E-state index is 0.0493. The third-order valence-electron chi connectivity index (χ3n) is 5.07. The van der Waals surface area contributed by atoms with E-state index in [1.807, 2.05) is 43.3 Å².